The topological polar surface area (TPSA) is 38.0 Å². The minimum atomic E-state index is 0.232. The zero-order chi connectivity index (χ0) is 11.6. The summed E-state index contributed by atoms with van der Waals surface area (Å²) in [5.74, 6) is 0. The van der Waals surface area contributed by atoms with Crippen molar-refractivity contribution in [2.75, 3.05) is 11.1 Å². The van der Waals surface area contributed by atoms with Gasteiger partial charge in [-0.2, -0.15) is 0 Å². The summed E-state index contributed by atoms with van der Waals surface area (Å²) in [4.78, 5) is 0. The van der Waals surface area contributed by atoms with Gasteiger partial charge in [-0.25, -0.2) is 0 Å². The minimum Gasteiger partial charge on any atom is -0.397 e. The maximum absolute atomic E-state index is 6.01. The first-order valence-electron chi connectivity index (χ1n) is 5.44. The van der Waals surface area contributed by atoms with Crippen LogP contribution in [0.15, 0.2) is 18.2 Å². The molecule has 0 bridgehead atoms. The van der Waals surface area contributed by atoms with Crippen molar-refractivity contribution < 1.29 is 0 Å². The second kappa shape index (κ2) is 4.13. The van der Waals surface area contributed by atoms with E-state index in [1.54, 1.807) is 0 Å². The molecule has 0 fully saturated rings. The summed E-state index contributed by atoms with van der Waals surface area (Å²) in [5.41, 5.74) is 9.26. The highest BCUT2D eigenvalue weighted by Crippen LogP contribution is 2.27. The standard InChI is InChI=1S/C13H22N2/c1-9-7-6-8-11(12(9)14)15-10(2)13(3,4)5/h6-8,10,15H,14H2,1-5H3. The van der Waals surface area contributed by atoms with Gasteiger partial charge in [0.1, 0.15) is 0 Å². The van der Waals surface area contributed by atoms with Crippen molar-refractivity contribution in [3.8, 4) is 0 Å². The van der Waals surface area contributed by atoms with Gasteiger partial charge in [0, 0.05) is 6.04 Å². The van der Waals surface area contributed by atoms with Gasteiger partial charge in [-0.05, 0) is 30.9 Å². The molecule has 2 heteroatoms. The Labute approximate surface area is 92.9 Å². The summed E-state index contributed by atoms with van der Waals surface area (Å²) in [6.07, 6.45) is 0. The first kappa shape index (κ1) is 11.9. The zero-order valence-electron chi connectivity index (χ0n) is 10.4. The van der Waals surface area contributed by atoms with Crippen LogP contribution in [-0.4, -0.2) is 6.04 Å². The summed E-state index contributed by atoms with van der Waals surface area (Å²) in [5, 5.41) is 3.47. The molecule has 0 saturated heterocycles. The number of para-hydroxylation sites is 1. The number of benzene rings is 1. The zero-order valence-corrected chi connectivity index (χ0v) is 10.4. The van der Waals surface area contributed by atoms with Crippen molar-refractivity contribution in [3.63, 3.8) is 0 Å². The van der Waals surface area contributed by atoms with Crippen LogP contribution in [-0.2, 0) is 0 Å². The van der Waals surface area contributed by atoms with E-state index >= 15 is 0 Å². The average Bonchev–Trinajstić information content (AvgIpc) is 2.11. The highest BCUT2D eigenvalue weighted by molar-refractivity contribution is 5.69. The van der Waals surface area contributed by atoms with E-state index in [0.717, 1.165) is 16.9 Å². The first-order chi connectivity index (χ1) is 6.82. The van der Waals surface area contributed by atoms with Crippen LogP contribution in [0.25, 0.3) is 0 Å². The van der Waals surface area contributed by atoms with Gasteiger partial charge in [0.25, 0.3) is 0 Å². The fourth-order valence-corrected chi connectivity index (χ4v) is 1.26. The lowest BCUT2D eigenvalue weighted by atomic mass is 9.88. The monoisotopic (exact) mass is 206 g/mol. The quantitative estimate of drug-likeness (QED) is 0.728. The molecule has 2 nitrogen and oxygen atoms in total. The summed E-state index contributed by atoms with van der Waals surface area (Å²) < 4.78 is 0. The molecule has 1 aromatic carbocycles. The Hall–Kier alpha value is -1.18. The molecular formula is C13H22N2. The largest absolute Gasteiger partial charge is 0.397 e. The van der Waals surface area contributed by atoms with Crippen molar-refractivity contribution >= 4 is 11.4 Å². The third-order valence-corrected chi connectivity index (χ3v) is 3.00. The second-order valence-corrected chi connectivity index (χ2v) is 5.27. The van der Waals surface area contributed by atoms with E-state index in [-0.39, 0.29) is 5.41 Å². The molecule has 0 saturated carbocycles. The van der Waals surface area contributed by atoms with E-state index in [1.165, 1.54) is 0 Å². The molecular weight excluding hydrogens is 184 g/mol. The summed E-state index contributed by atoms with van der Waals surface area (Å²) >= 11 is 0. The smallest absolute Gasteiger partial charge is 0.0579 e. The Morgan fingerprint density at radius 2 is 1.87 bits per heavy atom. The van der Waals surface area contributed by atoms with Crippen LogP contribution in [0.1, 0.15) is 33.3 Å². The molecule has 0 heterocycles. The molecule has 0 radical (unpaired) electrons. The highest BCUT2D eigenvalue weighted by Gasteiger charge is 2.20. The number of nitrogens with one attached hydrogen (secondary N) is 1. The van der Waals surface area contributed by atoms with Crippen LogP contribution in [0.3, 0.4) is 0 Å². The van der Waals surface area contributed by atoms with E-state index in [1.807, 2.05) is 25.1 Å². The van der Waals surface area contributed by atoms with Crippen molar-refractivity contribution in [2.45, 2.75) is 40.7 Å². The van der Waals surface area contributed by atoms with Gasteiger partial charge in [0.2, 0.25) is 0 Å². The number of nitrogens with two attached hydrogens (primary N) is 1. The number of nitrogen functional groups attached to an aromatic ring is 1. The molecule has 3 N–H and O–H groups in total. The Balaban J connectivity index is 2.86. The summed E-state index contributed by atoms with van der Waals surface area (Å²) in [6, 6.07) is 6.48. The van der Waals surface area contributed by atoms with E-state index in [0.29, 0.717) is 6.04 Å². The van der Waals surface area contributed by atoms with Gasteiger partial charge in [-0.15, -0.1) is 0 Å². The SMILES string of the molecule is Cc1cccc(NC(C)C(C)(C)C)c1N. The molecule has 1 rings (SSSR count). The number of aryl methyl sites for hydroxylation is 1. The number of anilines is 2. The Morgan fingerprint density at radius 1 is 1.27 bits per heavy atom. The predicted octanol–water partition coefficient (Wildman–Crippen LogP) is 3.42. The van der Waals surface area contributed by atoms with Gasteiger partial charge in [0.15, 0.2) is 0 Å². The third-order valence-electron chi connectivity index (χ3n) is 3.00. The lowest BCUT2D eigenvalue weighted by Crippen LogP contribution is -2.31. The van der Waals surface area contributed by atoms with E-state index in [2.05, 4.69) is 33.0 Å². The van der Waals surface area contributed by atoms with Gasteiger partial charge in [-0.3, -0.25) is 0 Å². The molecule has 1 unspecified atom stereocenters. The minimum absolute atomic E-state index is 0.232. The Kier molecular flexibility index (Phi) is 3.28. The van der Waals surface area contributed by atoms with Crippen LogP contribution in [0, 0.1) is 12.3 Å². The average molecular weight is 206 g/mol. The lowest BCUT2D eigenvalue weighted by Gasteiger charge is -2.29. The number of hydrogen-bond donors (Lipinski definition) is 2. The van der Waals surface area contributed by atoms with Gasteiger partial charge in [0.05, 0.1) is 11.4 Å². The van der Waals surface area contributed by atoms with Crippen molar-refractivity contribution in [1.82, 2.24) is 0 Å². The van der Waals surface area contributed by atoms with Crippen LogP contribution >= 0.6 is 0 Å². The highest BCUT2D eigenvalue weighted by atomic mass is 14.9. The number of rotatable bonds is 2. The molecule has 15 heavy (non-hydrogen) atoms. The Morgan fingerprint density at radius 3 is 2.40 bits per heavy atom. The van der Waals surface area contributed by atoms with Crippen LogP contribution in [0.4, 0.5) is 11.4 Å². The maximum atomic E-state index is 6.01. The van der Waals surface area contributed by atoms with Crippen molar-refractivity contribution in [3.05, 3.63) is 23.8 Å². The molecule has 1 atom stereocenters. The first-order valence-corrected chi connectivity index (χ1v) is 5.44. The summed E-state index contributed by atoms with van der Waals surface area (Å²) in [6.45, 7) is 10.9. The van der Waals surface area contributed by atoms with Gasteiger partial charge >= 0.3 is 0 Å². The van der Waals surface area contributed by atoms with Crippen molar-refractivity contribution in [2.24, 2.45) is 5.41 Å². The van der Waals surface area contributed by atoms with Crippen molar-refractivity contribution in [1.29, 1.82) is 0 Å². The second-order valence-electron chi connectivity index (χ2n) is 5.27. The molecule has 0 spiro atoms. The normalized spacial score (nSPS) is 13.7. The third kappa shape index (κ3) is 2.88. The lowest BCUT2D eigenvalue weighted by molar-refractivity contribution is 0.359. The molecule has 1 aromatic rings. The van der Waals surface area contributed by atoms with Crippen LogP contribution in [0.5, 0.6) is 0 Å². The van der Waals surface area contributed by atoms with Crippen LogP contribution in [0.2, 0.25) is 0 Å². The molecule has 84 valence electrons. The van der Waals surface area contributed by atoms with E-state index in [9.17, 15) is 0 Å². The molecule has 0 aliphatic heterocycles. The molecule has 0 aromatic heterocycles. The van der Waals surface area contributed by atoms with Crippen LogP contribution < -0.4 is 11.1 Å². The summed E-state index contributed by atoms with van der Waals surface area (Å²) in [7, 11) is 0. The fraction of sp³-hybridized carbons (Fsp3) is 0.538. The predicted molar refractivity (Wildman–Crippen MR) is 68.1 cm³/mol. The van der Waals surface area contributed by atoms with Gasteiger partial charge in [-0.1, -0.05) is 32.9 Å². The molecule has 0 aliphatic carbocycles. The molecule has 0 aliphatic rings. The fourth-order valence-electron chi connectivity index (χ4n) is 1.26. The Bertz CT molecular complexity index is 337. The van der Waals surface area contributed by atoms with E-state index < -0.39 is 0 Å². The number of hydrogen-bond acceptors (Lipinski definition) is 2. The molecule has 0 amide bonds. The van der Waals surface area contributed by atoms with E-state index in [4.69, 9.17) is 5.73 Å². The van der Waals surface area contributed by atoms with Gasteiger partial charge < -0.3 is 11.1 Å². The maximum Gasteiger partial charge on any atom is 0.0579 e.